The molecule has 2 heterocycles. The fourth-order valence-corrected chi connectivity index (χ4v) is 5.83. The van der Waals surface area contributed by atoms with Gasteiger partial charge in [0.2, 0.25) is 0 Å². The highest BCUT2D eigenvalue weighted by atomic mass is 16.6. The Hall–Kier alpha value is -2.87. The number of ether oxygens (including phenoxy) is 3. The third-order valence-corrected chi connectivity index (χ3v) is 7.18. The van der Waals surface area contributed by atoms with Gasteiger partial charge < -0.3 is 24.8 Å². The standard InChI is InChI=1S/C24H30N2O6/c1-13(22(28)30-3)19(32-14(2)27)12-15-11-16(23(29)31-4)21-24(9-10-25-20(15)24)17-7-5-6-8-18(17)26-21/h5-8,13,15,19-20,25-26H,9-12H2,1-4H3/t13?,15-,19?,20-,24-/m0/s1. The van der Waals surface area contributed by atoms with E-state index < -0.39 is 29.4 Å². The number of para-hydroxylation sites is 1. The number of methoxy groups -OCH3 is 2. The quantitative estimate of drug-likeness (QED) is 0.511. The molecule has 4 rings (SSSR count). The van der Waals surface area contributed by atoms with Crippen molar-refractivity contribution in [2.45, 2.75) is 50.7 Å². The smallest absolute Gasteiger partial charge is 0.335 e. The zero-order valence-electron chi connectivity index (χ0n) is 18.9. The summed E-state index contributed by atoms with van der Waals surface area (Å²) in [4.78, 5) is 36.9. The van der Waals surface area contributed by atoms with E-state index in [0.29, 0.717) is 18.4 Å². The Morgan fingerprint density at radius 2 is 1.94 bits per heavy atom. The number of hydrogen-bond acceptors (Lipinski definition) is 8. The maximum absolute atomic E-state index is 12.8. The van der Waals surface area contributed by atoms with Gasteiger partial charge in [0, 0.05) is 24.4 Å². The fraction of sp³-hybridized carbons (Fsp3) is 0.542. The molecule has 3 aliphatic rings. The predicted molar refractivity (Wildman–Crippen MR) is 117 cm³/mol. The lowest BCUT2D eigenvalue weighted by Gasteiger charge is -2.43. The van der Waals surface area contributed by atoms with Gasteiger partial charge in [0.15, 0.2) is 0 Å². The summed E-state index contributed by atoms with van der Waals surface area (Å²) < 4.78 is 15.6. The lowest BCUT2D eigenvalue weighted by atomic mass is 9.62. The maximum atomic E-state index is 12.8. The normalized spacial score (nSPS) is 27.4. The van der Waals surface area contributed by atoms with Crippen molar-refractivity contribution < 1.29 is 28.6 Å². The molecule has 2 N–H and O–H groups in total. The molecule has 0 saturated carbocycles. The molecule has 2 aliphatic heterocycles. The molecule has 0 bridgehead atoms. The van der Waals surface area contributed by atoms with Crippen molar-refractivity contribution in [2.75, 3.05) is 26.1 Å². The van der Waals surface area contributed by atoms with E-state index in [0.717, 1.165) is 29.9 Å². The highest BCUT2D eigenvalue weighted by molar-refractivity contribution is 5.93. The molecule has 172 valence electrons. The minimum absolute atomic E-state index is 0.0185. The van der Waals surface area contributed by atoms with Crippen molar-refractivity contribution in [1.82, 2.24) is 5.32 Å². The van der Waals surface area contributed by atoms with Gasteiger partial charge in [-0.25, -0.2) is 4.79 Å². The van der Waals surface area contributed by atoms with E-state index in [-0.39, 0.29) is 17.9 Å². The van der Waals surface area contributed by atoms with Gasteiger partial charge in [0.25, 0.3) is 0 Å². The molecule has 32 heavy (non-hydrogen) atoms. The van der Waals surface area contributed by atoms with Crippen molar-refractivity contribution in [3.8, 4) is 0 Å². The first-order chi connectivity index (χ1) is 15.3. The van der Waals surface area contributed by atoms with Gasteiger partial charge in [-0.2, -0.15) is 0 Å². The molecule has 5 atom stereocenters. The van der Waals surface area contributed by atoms with Crippen LogP contribution in [0.4, 0.5) is 5.69 Å². The van der Waals surface area contributed by atoms with E-state index in [9.17, 15) is 14.4 Å². The van der Waals surface area contributed by atoms with Crippen molar-refractivity contribution in [3.05, 3.63) is 41.1 Å². The third kappa shape index (κ3) is 3.46. The van der Waals surface area contributed by atoms with Gasteiger partial charge in [0.05, 0.1) is 31.1 Å². The van der Waals surface area contributed by atoms with Crippen LogP contribution in [0.15, 0.2) is 35.5 Å². The van der Waals surface area contributed by atoms with E-state index >= 15 is 0 Å². The van der Waals surface area contributed by atoms with Gasteiger partial charge in [-0.15, -0.1) is 0 Å². The first-order valence-electron chi connectivity index (χ1n) is 11.0. The molecule has 8 heteroatoms. The van der Waals surface area contributed by atoms with Crippen LogP contribution in [-0.4, -0.2) is 50.8 Å². The Bertz CT molecular complexity index is 973. The van der Waals surface area contributed by atoms with Crippen LogP contribution >= 0.6 is 0 Å². The van der Waals surface area contributed by atoms with Gasteiger partial charge >= 0.3 is 17.9 Å². The van der Waals surface area contributed by atoms with Crippen molar-refractivity contribution in [2.24, 2.45) is 11.8 Å². The number of nitrogens with one attached hydrogen (secondary N) is 2. The molecule has 1 fully saturated rings. The summed E-state index contributed by atoms with van der Waals surface area (Å²) >= 11 is 0. The zero-order valence-corrected chi connectivity index (χ0v) is 18.9. The van der Waals surface area contributed by atoms with E-state index in [1.54, 1.807) is 6.92 Å². The SMILES string of the molecule is COC(=O)C1=C2Nc3ccccc3[C@]23CCN[C@H]3[C@H](CC(OC(C)=O)C(C)C(=O)OC)C1. The molecule has 8 nitrogen and oxygen atoms in total. The second kappa shape index (κ2) is 8.58. The highest BCUT2D eigenvalue weighted by Crippen LogP contribution is 2.57. The van der Waals surface area contributed by atoms with Crippen LogP contribution in [0, 0.1) is 11.8 Å². The van der Waals surface area contributed by atoms with E-state index in [1.807, 2.05) is 18.2 Å². The topological polar surface area (TPSA) is 103 Å². The Labute approximate surface area is 187 Å². The van der Waals surface area contributed by atoms with Gasteiger partial charge in [-0.3, -0.25) is 9.59 Å². The molecule has 2 unspecified atom stereocenters. The first-order valence-corrected chi connectivity index (χ1v) is 11.0. The van der Waals surface area contributed by atoms with Crippen molar-refractivity contribution >= 4 is 23.6 Å². The van der Waals surface area contributed by atoms with Gasteiger partial charge in [0.1, 0.15) is 6.10 Å². The van der Waals surface area contributed by atoms with E-state index in [4.69, 9.17) is 14.2 Å². The summed E-state index contributed by atoms with van der Waals surface area (Å²) in [5, 5.41) is 7.15. The van der Waals surface area contributed by atoms with E-state index in [1.165, 1.54) is 21.1 Å². The van der Waals surface area contributed by atoms with Crippen molar-refractivity contribution in [3.63, 3.8) is 0 Å². The largest absolute Gasteiger partial charge is 0.469 e. The number of fused-ring (bicyclic) bond motifs is 1. The highest BCUT2D eigenvalue weighted by Gasteiger charge is 2.58. The molecule has 0 aromatic heterocycles. The Morgan fingerprint density at radius 1 is 1.19 bits per heavy atom. The fourth-order valence-electron chi connectivity index (χ4n) is 5.83. The Kier molecular flexibility index (Phi) is 5.99. The summed E-state index contributed by atoms with van der Waals surface area (Å²) in [6.07, 6.45) is 1.05. The molecular weight excluding hydrogens is 412 g/mol. The van der Waals surface area contributed by atoms with Crippen molar-refractivity contribution in [1.29, 1.82) is 0 Å². The number of carbonyl (C=O) groups excluding carboxylic acids is 3. The number of anilines is 1. The second-order valence-corrected chi connectivity index (χ2v) is 8.83. The maximum Gasteiger partial charge on any atom is 0.335 e. The van der Waals surface area contributed by atoms with Crippen LogP contribution in [0.5, 0.6) is 0 Å². The lowest BCUT2D eigenvalue weighted by Crippen LogP contribution is -2.51. The number of hydrogen-bond donors (Lipinski definition) is 2. The predicted octanol–water partition coefficient (Wildman–Crippen LogP) is 2.29. The molecular formula is C24H30N2O6. The Morgan fingerprint density at radius 3 is 2.62 bits per heavy atom. The average molecular weight is 443 g/mol. The molecule has 1 aromatic rings. The molecule has 1 saturated heterocycles. The number of benzene rings is 1. The van der Waals surface area contributed by atoms with Crippen LogP contribution in [0.2, 0.25) is 0 Å². The lowest BCUT2D eigenvalue weighted by molar-refractivity contribution is -0.159. The van der Waals surface area contributed by atoms with Crippen LogP contribution < -0.4 is 10.6 Å². The van der Waals surface area contributed by atoms with Gasteiger partial charge in [-0.05, 0) is 50.3 Å². The van der Waals surface area contributed by atoms with Crippen LogP contribution in [0.25, 0.3) is 0 Å². The summed E-state index contributed by atoms with van der Waals surface area (Å²) in [6.45, 7) is 3.83. The minimum Gasteiger partial charge on any atom is -0.469 e. The number of rotatable bonds is 6. The molecule has 1 aliphatic carbocycles. The zero-order chi connectivity index (χ0) is 23.0. The number of carbonyl (C=O) groups is 3. The Balaban J connectivity index is 1.76. The van der Waals surface area contributed by atoms with Gasteiger partial charge in [-0.1, -0.05) is 18.2 Å². The first kappa shape index (κ1) is 22.3. The number of esters is 3. The monoisotopic (exact) mass is 442 g/mol. The summed E-state index contributed by atoms with van der Waals surface area (Å²) in [6, 6.07) is 8.13. The second-order valence-electron chi connectivity index (χ2n) is 8.83. The molecule has 0 radical (unpaired) electrons. The van der Waals surface area contributed by atoms with Crippen LogP contribution in [0.1, 0.15) is 38.7 Å². The van der Waals surface area contributed by atoms with Crippen LogP contribution in [-0.2, 0) is 34.0 Å². The molecule has 1 aromatic carbocycles. The van der Waals surface area contributed by atoms with E-state index in [2.05, 4.69) is 16.7 Å². The summed E-state index contributed by atoms with van der Waals surface area (Å²) in [5.41, 5.74) is 3.28. The minimum atomic E-state index is -0.658. The molecule has 1 spiro atoms. The summed E-state index contributed by atoms with van der Waals surface area (Å²) in [5.74, 6) is -1.92. The van der Waals surface area contributed by atoms with Crippen LogP contribution in [0.3, 0.4) is 0 Å². The average Bonchev–Trinajstić information content (AvgIpc) is 3.38. The third-order valence-electron chi connectivity index (χ3n) is 7.18. The summed E-state index contributed by atoms with van der Waals surface area (Å²) in [7, 11) is 2.71. The molecule has 0 amide bonds.